The van der Waals surface area contributed by atoms with Gasteiger partial charge in [0, 0.05) is 23.2 Å². The fourth-order valence-electron chi connectivity index (χ4n) is 1.82. The molecule has 17 heavy (non-hydrogen) atoms. The minimum Gasteiger partial charge on any atom is -0.422 e. The summed E-state index contributed by atoms with van der Waals surface area (Å²) in [5.41, 5.74) is 1.87. The molecule has 0 spiro atoms. The number of para-hydroxylation sites is 1. The number of rotatable bonds is 1. The van der Waals surface area contributed by atoms with Crippen molar-refractivity contribution in [2.75, 3.05) is 0 Å². The Kier molecular flexibility index (Phi) is 2.22. The van der Waals surface area contributed by atoms with Gasteiger partial charge in [0.05, 0.1) is 5.69 Å². The molecule has 2 heterocycles. The Morgan fingerprint density at radius 3 is 2.71 bits per heavy atom. The fourth-order valence-corrected chi connectivity index (χ4v) is 1.82. The molecule has 0 saturated heterocycles. The lowest BCUT2D eigenvalue weighted by Gasteiger charge is -2.03. The van der Waals surface area contributed by atoms with E-state index in [1.54, 1.807) is 12.3 Å². The summed E-state index contributed by atoms with van der Waals surface area (Å²) in [6.07, 6.45) is 1.72. The second-order valence-corrected chi connectivity index (χ2v) is 3.69. The van der Waals surface area contributed by atoms with Crippen LogP contribution in [0.4, 0.5) is 0 Å². The molecule has 3 rings (SSSR count). The molecule has 0 aliphatic heterocycles. The van der Waals surface area contributed by atoms with Crippen LogP contribution < -0.4 is 5.63 Å². The van der Waals surface area contributed by atoms with Gasteiger partial charge in [0.25, 0.3) is 0 Å². The van der Waals surface area contributed by atoms with E-state index in [4.69, 9.17) is 4.42 Å². The molecule has 0 saturated carbocycles. The van der Waals surface area contributed by atoms with E-state index in [1.165, 1.54) is 6.07 Å². The first kappa shape index (κ1) is 9.78. The van der Waals surface area contributed by atoms with Crippen molar-refractivity contribution in [3.8, 4) is 11.3 Å². The average Bonchev–Trinajstić information content (AvgIpc) is 2.39. The normalized spacial score (nSPS) is 10.6. The maximum atomic E-state index is 11.3. The molecule has 0 N–H and O–H groups in total. The van der Waals surface area contributed by atoms with Crippen LogP contribution in [0, 0.1) is 0 Å². The molecule has 0 aliphatic rings. The monoisotopic (exact) mass is 223 g/mol. The molecule has 3 heteroatoms. The summed E-state index contributed by atoms with van der Waals surface area (Å²) < 4.78 is 5.25. The van der Waals surface area contributed by atoms with Crippen molar-refractivity contribution in [2.45, 2.75) is 0 Å². The van der Waals surface area contributed by atoms with Crippen molar-refractivity contribution in [1.29, 1.82) is 0 Å². The number of hydrogen-bond acceptors (Lipinski definition) is 3. The Morgan fingerprint density at radius 2 is 1.88 bits per heavy atom. The predicted octanol–water partition coefficient (Wildman–Crippen LogP) is 2.86. The van der Waals surface area contributed by atoms with Crippen LogP contribution in [0.15, 0.2) is 63.9 Å². The standard InChI is InChI=1S/C14H9NO2/c16-13-8-7-10-4-3-5-11(14(10)17-13)12-6-1-2-9-15-12/h1-9H. The van der Waals surface area contributed by atoms with Gasteiger partial charge < -0.3 is 4.42 Å². The van der Waals surface area contributed by atoms with E-state index in [0.717, 1.165) is 16.6 Å². The van der Waals surface area contributed by atoms with Gasteiger partial charge in [-0.1, -0.05) is 18.2 Å². The third-order valence-corrected chi connectivity index (χ3v) is 2.59. The molecule has 1 aromatic carbocycles. The largest absolute Gasteiger partial charge is 0.422 e. The number of benzene rings is 1. The molecule has 0 atom stereocenters. The first-order valence-electron chi connectivity index (χ1n) is 5.29. The number of fused-ring (bicyclic) bond motifs is 1. The predicted molar refractivity (Wildman–Crippen MR) is 65.7 cm³/mol. The zero-order valence-electron chi connectivity index (χ0n) is 8.96. The number of aromatic nitrogens is 1. The van der Waals surface area contributed by atoms with Crippen molar-refractivity contribution in [2.24, 2.45) is 0 Å². The third-order valence-electron chi connectivity index (χ3n) is 2.59. The van der Waals surface area contributed by atoms with Gasteiger partial charge in [0.15, 0.2) is 0 Å². The maximum absolute atomic E-state index is 11.3. The molecule has 0 amide bonds. The molecular weight excluding hydrogens is 214 g/mol. The highest BCUT2D eigenvalue weighted by atomic mass is 16.4. The zero-order valence-corrected chi connectivity index (χ0v) is 8.96. The molecule has 0 aliphatic carbocycles. The van der Waals surface area contributed by atoms with Crippen molar-refractivity contribution < 1.29 is 4.42 Å². The molecule has 2 aromatic heterocycles. The van der Waals surface area contributed by atoms with Gasteiger partial charge in [-0.3, -0.25) is 4.98 Å². The molecule has 0 fully saturated rings. The van der Waals surface area contributed by atoms with Gasteiger partial charge in [-0.2, -0.15) is 0 Å². The van der Waals surface area contributed by atoms with Crippen LogP contribution in [-0.2, 0) is 0 Å². The molecule has 3 aromatic rings. The minimum absolute atomic E-state index is 0.346. The van der Waals surface area contributed by atoms with E-state index >= 15 is 0 Å². The first-order valence-corrected chi connectivity index (χ1v) is 5.29. The molecule has 0 bridgehead atoms. The number of nitrogens with zero attached hydrogens (tertiary/aromatic N) is 1. The second-order valence-electron chi connectivity index (χ2n) is 3.69. The van der Waals surface area contributed by atoms with Gasteiger partial charge in [0.1, 0.15) is 5.58 Å². The van der Waals surface area contributed by atoms with E-state index in [2.05, 4.69) is 4.98 Å². The topological polar surface area (TPSA) is 43.1 Å². The van der Waals surface area contributed by atoms with Crippen LogP contribution >= 0.6 is 0 Å². The Hall–Kier alpha value is -2.42. The minimum atomic E-state index is -0.346. The lowest BCUT2D eigenvalue weighted by Crippen LogP contribution is -1.95. The molecular formula is C14H9NO2. The Balaban J connectivity index is 2.37. The van der Waals surface area contributed by atoms with E-state index in [9.17, 15) is 4.79 Å². The average molecular weight is 223 g/mol. The summed E-state index contributed by atoms with van der Waals surface area (Å²) in [7, 11) is 0. The van der Waals surface area contributed by atoms with E-state index in [0.29, 0.717) is 5.58 Å². The van der Waals surface area contributed by atoms with Crippen LogP contribution in [-0.4, -0.2) is 4.98 Å². The molecule has 0 radical (unpaired) electrons. The highest BCUT2D eigenvalue weighted by Crippen LogP contribution is 2.25. The summed E-state index contributed by atoms with van der Waals surface area (Å²) in [6, 6.07) is 14.6. The van der Waals surface area contributed by atoms with E-state index in [1.807, 2.05) is 36.4 Å². The fraction of sp³-hybridized carbons (Fsp3) is 0. The SMILES string of the molecule is O=c1ccc2cccc(-c3ccccn3)c2o1. The van der Waals surface area contributed by atoms with Crippen LogP contribution in [0.5, 0.6) is 0 Å². The van der Waals surface area contributed by atoms with Crippen molar-refractivity contribution in [3.63, 3.8) is 0 Å². The quantitative estimate of drug-likeness (QED) is 0.596. The summed E-state index contributed by atoms with van der Waals surface area (Å²) in [4.78, 5) is 15.5. The van der Waals surface area contributed by atoms with Crippen molar-refractivity contribution in [1.82, 2.24) is 4.98 Å². The van der Waals surface area contributed by atoms with Crippen LogP contribution in [0.1, 0.15) is 0 Å². The van der Waals surface area contributed by atoms with Crippen molar-refractivity contribution >= 4 is 11.0 Å². The van der Waals surface area contributed by atoms with Gasteiger partial charge >= 0.3 is 5.63 Å². The highest BCUT2D eigenvalue weighted by Gasteiger charge is 2.06. The summed E-state index contributed by atoms with van der Waals surface area (Å²) >= 11 is 0. The maximum Gasteiger partial charge on any atom is 0.336 e. The second kappa shape index (κ2) is 3.87. The lowest BCUT2D eigenvalue weighted by molar-refractivity contribution is 0.562. The lowest BCUT2D eigenvalue weighted by atomic mass is 10.1. The van der Waals surface area contributed by atoms with E-state index < -0.39 is 0 Å². The Morgan fingerprint density at radius 1 is 0.941 bits per heavy atom. The Bertz CT molecular complexity index is 717. The van der Waals surface area contributed by atoms with Crippen LogP contribution in [0.2, 0.25) is 0 Å². The van der Waals surface area contributed by atoms with Gasteiger partial charge in [-0.25, -0.2) is 4.79 Å². The highest BCUT2D eigenvalue weighted by molar-refractivity contribution is 5.90. The van der Waals surface area contributed by atoms with Crippen molar-refractivity contribution in [3.05, 3.63) is 65.1 Å². The third kappa shape index (κ3) is 1.72. The van der Waals surface area contributed by atoms with E-state index in [-0.39, 0.29) is 5.63 Å². The summed E-state index contributed by atoms with van der Waals surface area (Å²) in [5, 5.41) is 0.896. The van der Waals surface area contributed by atoms with Gasteiger partial charge in [-0.15, -0.1) is 0 Å². The Labute approximate surface area is 97.4 Å². The number of pyridine rings is 1. The molecule has 0 unspecified atom stereocenters. The zero-order chi connectivity index (χ0) is 11.7. The smallest absolute Gasteiger partial charge is 0.336 e. The summed E-state index contributed by atoms with van der Waals surface area (Å²) in [6.45, 7) is 0. The van der Waals surface area contributed by atoms with Gasteiger partial charge in [0.2, 0.25) is 0 Å². The van der Waals surface area contributed by atoms with Crippen LogP contribution in [0.25, 0.3) is 22.2 Å². The first-order chi connectivity index (χ1) is 8.34. The molecule has 82 valence electrons. The summed E-state index contributed by atoms with van der Waals surface area (Å²) in [5.74, 6) is 0. The van der Waals surface area contributed by atoms with Gasteiger partial charge in [-0.05, 0) is 24.3 Å². The number of hydrogen-bond donors (Lipinski definition) is 0. The van der Waals surface area contributed by atoms with Crippen LogP contribution in [0.3, 0.4) is 0 Å². The molecule has 3 nitrogen and oxygen atoms in total.